The lowest BCUT2D eigenvalue weighted by Crippen LogP contribution is -1.99. The van der Waals surface area contributed by atoms with Crippen molar-refractivity contribution in [3.05, 3.63) is 39.6 Å². The van der Waals surface area contributed by atoms with Crippen LogP contribution in [0.1, 0.15) is 17.0 Å². The number of fused-ring (bicyclic) bond motifs is 1. The fourth-order valence-corrected chi connectivity index (χ4v) is 2.39. The van der Waals surface area contributed by atoms with Crippen molar-refractivity contribution in [2.75, 3.05) is 12.2 Å². The van der Waals surface area contributed by atoms with Crippen LogP contribution in [-0.2, 0) is 0 Å². The molecular formula is C14H13BrN4O2. The average Bonchev–Trinajstić information content (AvgIpc) is 2.84. The van der Waals surface area contributed by atoms with Crippen LogP contribution in [0.15, 0.2) is 27.8 Å². The summed E-state index contributed by atoms with van der Waals surface area (Å²) in [6, 6.07) is 5.63. The fraction of sp³-hybridized carbons (Fsp3) is 0.214. The number of aryl methyl sites for hydroxylation is 2. The van der Waals surface area contributed by atoms with Crippen molar-refractivity contribution in [3.8, 4) is 11.5 Å². The largest absolute Gasteiger partial charge is 0.454 e. The quantitative estimate of drug-likeness (QED) is 0.681. The van der Waals surface area contributed by atoms with Crippen molar-refractivity contribution in [1.29, 1.82) is 0 Å². The van der Waals surface area contributed by atoms with Gasteiger partial charge in [0.15, 0.2) is 11.5 Å². The van der Waals surface area contributed by atoms with Gasteiger partial charge in [0.1, 0.15) is 0 Å². The van der Waals surface area contributed by atoms with Crippen molar-refractivity contribution in [3.63, 3.8) is 0 Å². The summed E-state index contributed by atoms with van der Waals surface area (Å²) in [5.41, 5.74) is 5.48. The molecule has 0 amide bonds. The molecule has 3 rings (SSSR count). The molecule has 1 N–H and O–H groups in total. The number of nitrogens with one attached hydrogen (secondary N) is 1. The number of rotatable bonds is 3. The predicted octanol–water partition coefficient (Wildman–Crippen LogP) is 3.03. The van der Waals surface area contributed by atoms with Crippen LogP contribution in [0.3, 0.4) is 0 Å². The molecule has 7 heteroatoms. The minimum atomic E-state index is 0.247. The Bertz CT molecular complexity index is 698. The molecule has 2 aromatic rings. The molecule has 0 saturated heterocycles. The normalized spacial score (nSPS) is 12.9. The number of hydrogen-bond donors (Lipinski definition) is 1. The van der Waals surface area contributed by atoms with Crippen LogP contribution in [0.4, 0.5) is 5.95 Å². The van der Waals surface area contributed by atoms with Crippen LogP contribution in [0.2, 0.25) is 0 Å². The Hall–Kier alpha value is -2.15. The molecule has 0 bridgehead atoms. The molecule has 1 aliphatic heterocycles. The molecule has 0 saturated carbocycles. The number of hydrogen-bond acceptors (Lipinski definition) is 6. The van der Waals surface area contributed by atoms with E-state index in [1.807, 2.05) is 32.0 Å². The Morgan fingerprint density at radius 1 is 1.14 bits per heavy atom. The van der Waals surface area contributed by atoms with Crippen molar-refractivity contribution in [1.82, 2.24) is 9.97 Å². The molecule has 1 aliphatic rings. The molecule has 2 heterocycles. The summed E-state index contributed by atoms with van der Waals surface area (Å²) in [6.07, 6.45) is 1.67. The average molecular weight is 349 g/mol. The molecule has 0 atom stereocenters. The Balaban J connectivity index is 1.77. The van der Waals surface area contributed by atoms with Gasteiger partial charge in [-0.15, -0.1) is 0 Å². The van der Waals surface area contributed by atoms with Gasteiger partial charge in [-0.1, -0.05) is 0 Å². The highest BCUT2D eigenvalue weighted by Crippen LogP contribution is 2.36. The van der Waals surface area contributed by atoms with Crippen LogP contribution in [0.25, 0.3) is 0 Å². The van der Waals surface area contributed by atoms with Gasteiger partial charge in [-0.05, 0) is 48.0 Å². The number of hydrazone groups is 1. The summed E-state index contributed by atoms with van der Waals surface area (Å²) in [6.45, 7) is 4.08. The summed E-state index contributed by atoms with van der Waals surface area (Å²) in [4.78, 5) is 8.51. The number of benzene rings is 1. The molecule has 0 unspecified atom stereocenters. The summed E-state index contributed by atoms with van der Waals surface area (Å²) >= 11 is 3.47. The molecule has 0 aliphatic carbocycles. The second-order valence-electron chi connectivity index (χ2n) is 4.57. The Labute approximate surface area is 130 Å². The lowest BCUT2D eigenvalue weighted by Gasteiger charge is -2.03. The van der Waals surface area contributed by atoms with Gasteiger partial charge in [-0.25, -0.2) is 15.4 Å². The van der Waals surface area contributed by atoms with E-state index < -0.39 is 0 Å². The van der Waals surface area contributed by atoms with Gasteiger partial charge in [0.2, 0.25) is 12.7 Å². The maximum Gasteiger partial charge on any atom is 0.243 e. The topological polar surface area (TPSA) is 68.6 Å². The van der Waals surface area contributed by atoms with Crippen LogP contribution < -0.4 is 14.9 Å². The second-order valence-corrected chi connectivity index (χ2v) is 5.43. The van der Waals surface area contributed by atoms with E-state index in [1.54, 1.807) is 6.21 Å². The van der Waals surface area contributed by atoms with Crippen LogP contribution in [0.5, 0.6) is 11.5 Å². The van der Waals surface area contributed by atoms with E-state index in [9.17, 15) is 0 Å². The van der Waals surface area contributed by atoms with E-state index in [0.717, 1.165) is 27.2 Å². The minimum absolute atomic E-state index is 0.247. The monoisotopic (exact) mass is 348 g/mol. The third-order valence-corrected chi connectivity index (χ3v) is 3.53. The highest BCUT2D eigenvalue weighted by Gasteiger charge is 2.15. The number of aromatic nitrogens is 2. The van der Waals surface area contributed by atoms with E-state index in [2.05, 4.69) is 36.4 Å². The second kappa shape index (κ2) is 5.69. The number of anilines is 1. The molecule has 0 radical (unpaired) electrons. The van der Waals surface area contributed by atoms with E-state index in [4.69, 9.17) is 9.47 Å². The molecule has 1 aromatic carbocycles. The molecular weight excluding hydrogens is 336 g/mol. The van der Waals surface area contributed by atoms with E-state index in [-0.39, 0.29) is 6.79 Å². The highest BCUT2D eigenvalue weighted by molar-refractivity contribution is 9.10. The third kappa shape index (κ3) is 3.13. The fourth-order valence-electron chi connectivity index (χ4n) is 1.97. The van der Waals surface area contributed by atoms with Crippen LogP contribution in [0, 0.1) is 13.8 Å². The number of ether oxygens (including phenoxy) is 2. The summed E-state index contributed by atoms with van der Waals surface area (Å²) in [5.74, 6) is 1.91. The lowest BCUT2D eigenvalue weighted by atomic mass is 10.2. The van der Waals surface area contributed by atoms with Crippen LogP contribution >= 0.6 is 15.9 Å². The van der Waals surface area contributed by atoms with Gasteiger partial charge in [-0.2, -0.15) is 5.10 Å². The van der Waals surface area contributed by atoms with Gasteiger partial charge in [0, 0.05) is 21.4 Å². The first-order chi connectivity index (χ1) is 10.1. The molecule has 0 spiro atoms. The van der Waals surface area contributed by atoms with Crippen molar-refractivity contribution in [2.24, 2.45) is 5.10 Å². The Morgan fingerprint density at radius 3 is 2.52 bits per heavy atom. The summed E-state index contributed by atoms with van der Waals surface area (Å²) in [7, 11) is 0. The number of nitrogens with zero attached hydrogens (tertiary/aromatic N) is 3. The van der Waals surface area contributed by atoms with Crippen molar-refractivity contribution >= 4 is 28.1 Å². The van der Waals surface area contributed by atoms with Gasteiger partial charge in [0.25, 0.3) is 0 Å². The molecule has 0 fully saturated rings. The molecule has 6 nitrogen and oxygen atoms in total. The van der Waals surface area contributed by atoms with Gasteiger partial charge < -0.3 is 9.47 Å². The smallest absolute Gasteiger partial charge is 0.243 e. The first-order valence-electron chi connectivity index (χ1n) is 6.32. The summed E-state index contributed by atoms with van der Waals surface area (Å²) in [5, 5.41) is 4.15. The Morgan fingerprint density at radius 2 is 1.81 bits per heavy atom. The lowest BCUT2D eigenvalue weighted by molar-refractivity contribution is 0.174. The maximum atomic E-state index is 5.34. The van der Waals surface area contributed by atoms with Gasteiger partial charge in [-0.3, -0.25) is 0 Å². The first kappa shape index (κ1) is 13.8. The molecule has 21 heavy (non-hydrogen) atoms. The van der Waals surface area contributed by atoms with Crippen LogP contribution in [-0.4, -0.2) is 23.0 Å². The van der Waals surface area contributed by atoms with E-state index in [0.29, 0.717) is 11.7 Å². The minimum Gasteiger partial charge on any atom is -0.454 e. The maximum absolute atomic E-state index is 5.34. The first-order valence-corrected chi connectivity index (χ1v) is 7.11. The van der Waals surface area contributed by atoms with Gasteiger partial charge >= 0.3 is 0 Å². The SMILES string of the molecule is Cc1cc(C)nc(N/N=C\c2cc3c(cc2Br)OCO3)n1. The molecule has 108 valence electrons. The predicted molar refractivity (Wildman–Crippen MR) is 83.0 cm³/mol. The zero-order chi connectivity index (χ0) is 14.8. The van der Waals surface area contributed by atoms with Crippen molar-refractivity contribution in [2.45, 2.75) is 13.8 Å². The van der Waals surface area contributed by atoms with Crippen molar-refractivity contribution < 1.29 is 9.47 Å². The van der Waals surface area contributed by atoms with E-state index >= 15 is 0 Å². The molecule has 1 aromatic heterocycles. The summed E-state index contributed by atoms with van der Waals surface area (Å²) < 4.78 is 11.5. The zero-order valence-electron chi connectivity index (χ0n) is 11.6. The standard InChI is InChI=1S/C14H13BrN4O2/c1-8-3-9(2)18-14(17-8)19-16-6-10-4-12-13(5-11(10)15)21-7-20-12/h3-6H,7H2,1-2H3,(H,17,18,19)/b16-6-. The highest BCUT2D eigenvalue weighted by atomic mass is 79.9. The van der Waals surface area contributed by atoms with Gasteiger partial charge in [0.05, 0.1) is 6.21 Å². The zero-order valence-corrected chi connectivity index (χ0v) is 13.1. The number of halogens is 1. The Kier molecular flexibility index (Phi) is 3.74. The van der Waals surface area contributed by atoms with E-state index in [1.165, 1.54) is 0 Å². The third-order valence-electron chi connectivity index (χ3n) is 2.84.